The molecule has 2 aromatic rings. The van der Waals surface area contributed by atoms with Crippen LogP contribution >= 0.6 is 0 Å². The van der Waals surface area contributed by atoms with Crippen LogP contribution in [0.15, 0.2) is 60.3 Å². The zero-order chi connectivity index (χ0) is 17.0. The van der Waals surface area contributed by atoms with E-state index in [0.29, 0.717) is 5.92 Å². The molecule has 1 fully saturated rings. The fourth-order valence-corrected chi connectivity index (χ4v) is 4.79. The fourth-order valence-electron chi connectivity index (χ4n) is 4.79. The number of carbonyl (C=O) groups is 1. The summed E-state index contributed by atoms with van der Waals surface area (Å²) in [5, 5.41) is 6.64. The second-order valence-electron chi connectivity index (χ2n) is 7.08. The topological polar surface area (TPSA) is 50.4 Å². The van der Waals surface area contributed by atoms with E-state index < -0.39 is 5.41 Å². The van der Waals surface area contributed by atoms with Gasteiger partial charge in [-0.25, -0.2) is 0 Å². The average molecular weight is 332 g/mol. The number of methoxy groups -OCH3 is 1. The molecule has 4 nitrogen and oxygen atoms in total. The van der Waals surface area contributed by atoms with E-state index in [4.69, 9.17) is 4.74 Å². The van der Waals surface area contributed by atoms with E-state index in [1.807, 2.05) is 24.3 Å². The van der Waals surface area contributed by atoms with Crippen LogP contribution in [0.1, 0.15) is 23.5 Å². The molecule has 126 valence electrons. The Labute approximate surface area is 146 Å². The summed E-state index contributed by atoms with van der Waals surface area (Å²) in [5.74, 6) is 1.46. The number of nitrogens with one attached hydrogen (secondary N) is 2. The second-order valence-corrected chi connectivity index (χ2v) is 7.08. The van der Waals surface area contributed by atoms with E-state index in [9.17, 15) is 4.79 Å². The van der Waals surface area contributed by atoms with Gasteiger partial charge in [-0.3, -0.25) is 4.79 Å². The first kappa shape index (κ1) is 14.6. The molecule has 0 aromatic heterocycles. The van der Waals surface area contributed by atoms with E-state index in [0.717, 1.165) is 35.7 Å². The number of carbonyl (C=O) groups excluding carboxylic acids is 1. The minimum Gasteiger partial charge on any atom is -0.497 e. The van der Waals surface area contributed by atoms with Gasteiger partial charge in [-0.05, 0) is 30.2 Å². The predicted octanol–water partition coefficient (Wildman–Crippen LogP) is 3.18. The van der Waals surface area contributed by atoms with Crippen LogP contribution in [-0.4, -0.2) is 19.6 Å². The third-order valence-corrected chi connectivity index (χ3v) is 5.96. The van der Waals surface area contributed by atoms with Crippen LogP contribution < -0.4 is 15.4 Å². The van der Waals surface area contributed by atoms with Gasteiger partial charge in [-0.2, -0.15) is 0 Å². The van der Waals surface area contributed by atoms with Crippen molar-refractivity contribution in [3.8, 4) is 5.75 Å². The summed E-state index contributed by atoms with van der Waals surface area (Å²) in [6.07, 6.45) is 3.22. The molecule has 2 aromatic carbocycles. The maximum Gasteiger partial charge on any atom is 0.237 e. The lowest BCUT2D eigenvalue weighted by molar-refractivity contribution is -0.123. The van der Waals surface area contributed by atoms with Crippen molar-refractivity contribution in [2.24, 2.45) is 5.92 Å². The van der Waals surface area contributed by atoms with Gasteiger partial charge < -0.3 is 15.4 Å². The Morgan fingerprint density at radius 3 is 2.80 bits per heavy atom. The van der Waals surface area contributed by atoms with Gasteiger partial charge in [0, 0.05) is 35.3 Å². The van der Waals surface area contributed by atoms with Crippen LogP contribution in [0.5, 0.6) is 5.75 Å². The number of rotatable bonds is 2. The number of anilines is 1. The highest BCUT2D eigenvalue weighted by Crippen LogP contribution is 2.57. The Bertz CT molecular complexity index is 890. The lowest BCUT2D eigenvalue weighted by Gasteiger charge is -2.36. The van der Waals surface area contributed by atoms with Crippen molar-refractivity contribution in [3.05, 3.63) is 71.4 Å². The van der Waals surface area contributed by atoms with Crippen molar-refractivity contribution < 1.29 is 9.53 Å². The monoisotopic (exact) mass is 332 g/mol. The SMILES string of the molecule is COc1ccc2c(c1)C13C(=O)NCC1CC(c1ccccc1)C=C3N2. The third-order valence-electron chi connectivity index (χ3n) is 5.96. The molecular weight excluding hydrogens is 312 g/mol. The number of benzene rings is 2. The number of hydrogen-bond acceptors (Lipinski definition) is 3. The van der Waals surface area contributed by atoms with E-state index in [2.05, 4.69) is 41.0 Å². The van der Waals surface area contributed by atoms with Crippen LogP contribution in [0.2, 0.25) is 0 Å². The molecule has 3 unspecified atom stereocenters. The number of hydrogen-bond donors (Lipinski definition) is 2. The molecule has 0 saturated carbocycles. The van der Waals surface area contributed by atoms with Crippen molar-refractivity contribution in [2.45, 2.75) is 17.8 Å². The summed E-state index contributed by atoms with van der Waals surface area (Å²) < 4.78 is 5.41. The molecule has 0 radical (unpaired) electrons. The van der Waals surface area contributed by atoms with Crippen LogP contribution in [0, 0.1) is 5.92 Å². The highest BCUT2D eigenvalue weighted by Gasteiger charge is 2.60. The van der Waals surface area contributed by atoms with Crippen molar-refractivity contribution in [3.63, 3.8) is 0 Å². The number of amides is 1. The normalized spacial score (nSPS) is 29.0. The van der Waals surface area contributed by atoms with Gasteiger partial charge in [0.05, 0.1) is 7.11 Å². The maximum atomic E-state index is 13.0. The summed E-state index contributed by atoms with van der Waals surface area (Å²) in [6, 6.07) is 16.5. The quantitative estimate of drug-likeness (QED) is 0.888. The maximum absolute atomic E-state index is 13.0. The zero-order valence-corrected chi connectivity index (χ0v) is 14.1. The van der Waals surface area contributed by atoms with E-state index in [1.165, 1.54) is 5.56 Å². The minimum atomic E-state index is -0.588. The Morgan fingerprint density at radius 1 is 1.16 bits per heavy atom. The molecule has 0 bridgehead atoms. The molecule has 4 heteroatoms. The highest BCUT2D eigenvalue weighted by atomic mass is 16.5. The highest BCUT2D eigenvalue weighted by molar-refractivity contribution is 6.00. The van der Waals surface area contributed by atoms with E-state index in [1.54, 1.807) is 7.11 Å². The summed E-state index contributed by atoms with van der Waals surface area (Å²) in [6.45, 7) is 0.720. The number of ether oxygens (including phenoxy) is 1. The Hall–Kier alpha value is -2.75. The van der Waals surface area contributed by atoms with Crippen LogP contribution in [0.3, 0.4) is 0 Å². The van der Waals surface area contributed by atoms with E-state index in [-0.39, 0.29) is 11.8 Å². The number of fused-ring (bicyclic) bond motifs is 1. The van der Waals surface area contributed by atoms with E-state index >= 15 is 0 Å². The van der Waals surface area contributed by atoms with Gasteiger partial charge in [-0.15, -0.1) is 0 Å². The van der Waals surface area contributed by atoms with Gasteiger partial charge in [0.1, 0.15) is 11.2 Å². The molecule has 3 aliphatic rings. The Morgan fingerprint density at radius 2 is 2.00 bits per heavy atom. The summed E-state index contributed by atoms with van der Waals surface area (Å²) in [7, 11) is 1.66. The van der Waals surface area contributed by atoms with Gasteiger partial charge >= 0.3 is 0 Å². The summed E-state index contributed by atoms with van der Waals surface area (Å²) in [4.78, 5) is 13.0. The van der Waals surface area contributed by atoms with Crippen molar-refractivity contribution in [1.82, 2.24) is 5.32 Å². The van der Waals surface area contributed by atoms with Gasteiger partial charge in [0.15, 0.2) is 0 Å². The molecule has 3 atom stereocenters. The van der Waals surface area contributed by atoms with Gasteiger partial charge in [0.25, 0.3) is 0 Å². The molecule has 2 N–H and O–H groups in total. The fraction of sp³-hybridized carbons (Fsp3) is 0.286. The Balaban J connectivity index is 1.68. The molecule has 2 heterocycles. The molecule has 1 amide bonds. The first-order chi connectivity index (χ1) is 12.2. The predicted molar refractivity (Wildman–Crippen MR) is 96.7 cm³/mol. The lowest BCUT2D eigenvalue weighted by atomic mass is 9.64. The summed E-state index contributed by atoms with van der Waals surface area (Å²) in [5.41, 5.74) is 3.80. The number of allylic oxidation sites excluding steroid dienone is 1. The Kier molecular flexibility index (Phi) is 2.99. The zero-order valence-electron chi connectivity index (χ0n) is 14.1. The molecule has 2 aliphatic heterocycles. The van der Waals surface area contributed by atoms with Gasteiger partial charge in [0.2, 0.25) is 5.91 Å². The van der Waals surface area contributed by atoms with Crippen LogP contribution in [0.4, 0.5) is 5.69 Å². The van der Waals surface area contributed by atoms with Crippen molar-refractivity contribution in [2.75, 3.05) is 19.0 Å². The first-order valence-corrected chi connectivity index (χ1v) is 8.74. The lowest BCUT2D eigenvalue weighted by Crippen LogP contribution is -2.42. The third kappa shape index (κ3) is 1.85. The standard InChI is InChI=1S/C21H20N2O2/c1-25-16-7-8-18-17(11-16)21-15(12-22-20(21)24)9-14(10-19(21)23-18)13-5-3-2-4-6-13/h2-8,10-11,14-15,23H,9,12H2,1H3,(H,22,24). The minimum absolute atomic E-state index is 0.106. The molecular formula is C21H20N2O2. The van der Waals surface area contributed by atoms with Crippen LogP contribution in [-0.2, 0) is 10.2 Å². The molecule has 1 aliphatic carbocycles. The molecule has 1 saturated heterocycles. The average Bonchev–Trinajstić information content (AvgIpc) is 3.18. The second kappa shape index (κ2) is 5.12. The summed E-state index contributed by atoms with van der Waals surface area (Å²) >= 11 is 0. The molecule has 1 spiro atoms. The van der Waals surface area contributed by atoms with Crippen molar-refractivity contribution in [1.29, 1.82) is 0 Å². The largest absolute Gasteiger partial charge is 0.497 e. The molecule has 5 rings (SSSR count). The smallest absolute Gasteiger partial charge is 0.237 e. The van der Waals surface area contributed by atoms with Crippen LogP contribution in [0.25, 0.3) is 0 Å². The molecule has 25 heavy (non-hydrogen) atoms. The van der Waals surface area contributed by atoms with Crippen molar-refractivity contribution >= 4 is 11.6 Å². The van der Waals surface area contributed by atoms with Gasteiger partial charge in [-0.1, -0.05) is 36.4 Å². The first-order valence-electron chi connectivity index (χ1n) is 8.74.